The number of ether oxygens (including phenoxy) is 1. The van der Waals surface area contributed by atoms with Crippen LogP contribution in [0.15, 0.2) is 55.0 Å². The monoisotopic (exact) mass is 424 g/mol. The minimum atomic E-state index is -0.582. The molecule has 8 nitrogen and oxygen atoms in total. The van der Waals surface area contributed by atoms with Crippen molar-refractivity contribution in [3.8, 4) is 5.75 Å². The third kappa shape index (κ3) is 6.91. The molecule has 0 aliphatic rings. The largest absolute Gasteiger partial charge is 0.413 e. The van der Waals surface area contributed by atoms with Crippen molar-refractivity contribution in [1.29, 1.82) is 0 Å². The summed E-state index contributed by atoms with van der Waals surface area (Å²) in [6, 6.07) is 9.23. The van der Waals surface area contributed by atoms with Crippen molar-refractivity contribution in [2.45, 2.75) is 39.3 Å². The summed E-state index contributed by atoms with van der Waals surface area (Å²) in [5, 5.41) is 9.03. The van der Waals surface area contributed by atoms with E-state index >= 15 is 0 Å². The van der Waals surface area contributed by atoms with Gasteiger partial charge in [0.2, 0.25) is 0 Å². The van der Waals surface area contributed by atoms with Gasteiger partial charge in [-0.1, -0.05) is 12.1 Å². The van der Waals surface area contributed by atoms with Gasteiger partial charge in [0, 0.05) is 36.1 Å². The Morgan fingerprint density at radius 1 is 1.06 bits per heavy atom. The topological polar surface area (TPSA) is 101 Å². The van der Waals surface area contributed by atoms with Crippen molar-refractivity contribution in [1.82, 2.24) is 20.3 Å². The summed E-state index contributed by atoms with van der Waals surface area (Å²) in [7, 11) is 0. The minimum Gasteiger partial charge on any atom is -0.410 e. The number of carbonyl (C=O) groups excluding carboxylic acids is 1. The molecule has 0 radical (unpaired) electrons. The van der Waals surface area contributed by atoms with Crippen molar-refractivity contribution < 1.29 is 13.9 Å². The Morgan fingerprint density at radius 2 is 1.77 bits per heavy atom. The number of hydrogen-bond acceptors (Lipinski definition) is 7. The first-order valence-electron chi connectivity index (χ1n) is 9.75. The molecule has 0 spiro atoms. The fraction of sp³-hybridized carbons (Fsp3) is 0.273. The number of anilines is 3. The molecular weight excluding hydrogens is 399 g/mol. The molecule has 9 heteroatoms. The Kier molecular flexibility index (Phi) is 6.64. The first kappa shape index (κ1) is 21.9. The van der Waals surface area contributed by atoms with E-state index in [1.165, 1.54) is 12.1 Å². The van der Waals surface area contributed by atoms with Gasteiger partial charge < -0.3 is 20.7 Å². The van der Waals surface area contributed by atoms with E-state index in [1.54, 1.807) is 42.9 Å². The number of rotatable bonds is 6. The highest BCUT2D eigenvalue weighted by atomic mass is 19.1. The summed E-state index contributed by atoms with van der Waals surface area (Å²) in [6.07, 6.45) is 4.08. The molecule has 162 valence electrons. The fourth-order valence-electron chi connectivity index (χ4n) is 2.69. The summed E-state index contributed by atoms with van der Waals surface area (Å²) in [5.41, 5.74) is 0.437. The van der Waals surface area contributed by atoms with E-state index in [2.05, 4.69) is 30.9 Å². The van der Waals surface area contributed by atoms with E-state index in [1.807, 2.05) is 27.7 Å². The van der Waals surface area contributed by atoms with Crippen LogP contribution >= 0.6 is 0 Å². The van der Waals surface area contributed by atoms with Gasteiger partial charge in [0.15, 0.2) is 0 Å². The van der Waals surface area contributed by atoms with Crippen molar-refractivity contribution in [3.63, 3.8) is 0 Å². The highest BCUT2D eigenvalue weighted by Crippen LogP contribution is 2.26. The lowest BCUT2D eigenvalue weighted by atomic mass is 10.1. The molecule has 2 aromatic heterocycles. The first-order chi connectivity index (χ1) is 14.7. The van der Waals surface area contributed by atoms with Crippen molar-refractivity contribution in [2.75, 3.05) is 10.6 Å². The van der Waals surface area contributed by atoms with E-state index in [0.717, 1.165) is 5.56 Å². The van der Waals surface area contributed by atoms with Crippen LogP contribution in [0.25, 0.3) is 0 Å². The Hall–Kier alpha value is -3.75. The predicted molar refractivity (Wildman–Crippen MR) is 117 cm³/mol. The lowest BCUT2D eigenvalue weighted by Gasteiger charge is -2.20. The number of nitrogens with zero attached hydrogens (tertiary/aromatic N) is 3. The highest BCUT2D eigenvalue weighted by molar-refractivity contribution is 5.72. The summed E-state index contributed by atoms with van der Waals surface area (Å²) < 4.78 is 18.7. The third-order valence-electron chi connectivity index (χ3n) is 4.04. The Balaban J connectivity index is 1.84. The van der Waals surface area contributed by atoms with Crippen LogP contribution in [0.2, 0.25) is 0 Å². The van der Waals surface area contributed by atoms with Gasteiger partial charge in [-0.15, -0.1) is 0 Å². The van der Waals surface area contributed by atoms with E-state index < -0.39 is 11.6 Å². The van der Waals surface area contributed by atoms with Crippen LogP contribution in [0.1, 0.15) is 39.3 Å². The summed E-state index contributed by atoms with van der Waals surface area (Å²) >= 11 is 0. The molecule has 1 atom stereocenters. The quantitative estimate of drug-likeness (QED) is 0.522. The summed E-state index contributed by atoms with van der Waals surface area (Å²) in [5.74, 6) is 1.35. The molecule has 3 rings (SSSR count). The number of hydrogen-bond donors (Lipinski definition) is 3. The van der Waals surface area contributed by atoms with Gasteiger partial charge in [0.25, 0.3) is 0 Å². The zero-order chi connectivity index (χ0) is 22.4. The predicted octanol–water partition coefficient (Wildman–Crippen LogP) is 4.81. The van der Waals surface area contributed by atoms with Crippen molar-refractivity contribution >= 4 is 23.5 Å². The maximum absolute atomic E-state index is 13.2. The molecule has 2 heterocycles. The second kappa shape index (κ2) is 9.38. The van der Waals surface area contributed by atoms with Crippen LogP contribution in [0.5, 0.6) is 5.75 Å². The van der Waals surface area contributed by atoms with E-state index in [-0.39, 0.29) is 17.6 Å². The Morgan fingerprint density at radius 3 is 2.42 bits per heavy atom. The van der Waals surface area contributed by atoms with Crippen LogP contribution in [-0.4, -0.2) is 26.6 Å². The molecular formula is C22H25FN6O2. The van der Waals surface area contributed by atoms with Crippen LogP contribution in [-0.2, 0) is 0 Å². The normalized spacial score (nSPS) is 12.0. The molecule has 31 heavy (non-hydrogen) atoms. The lowest BCUT2D eigenvalue weighted by molar-refractivity contribution is 0.190. The van der Waals surface area contributed by atoms with Gasteiger partial charge in [-0.2, -0.15) is 0 Å². The average Bonchev–Trinajstić information content (AvgIpc) is 2.67. The molecule has 0 saturated heterocycles. The number of pyridine rings is 1. The van der Waals surface area contributed by atoms with Gasteiger partial charge in [0.1, 0.15) is 29.0 Å². The second-order valence-corrected chi connectivity index (χ2v) is 7.97. The molecule has 0 aliphatic carbocycles. The molecule has 0 bridgehead atoms. The first-order valence-corrected chi connectivity index (χ1v) is 9.75. The molecule has 3 N–H and O–H groups in total. The molecule has 0 fully saturated rings. The average molecular weight is 424 g/mol. The zero-order valence-electron chi connectivity index (χ0n) is 17.8. The number of amides is 1. The number of aromatic nitrogens is 3. The third-order valence-corrected chi connectivity index (χ3v) is 4.04. The standard InChI is InChI=1S/C22H25FN6O2/c1-14(15-5-7-16(23)8-6-15)26-18-11-17(31-21(30)29-22(2,3)4)12-19(27-18)28-20-13-24-9-10-25-20/h5-14H,1-4H3,(H,29,30)(H2,25,26,27,28)/t14-/m0/s1. The smallest absolute Gasteiger partial charge is 0.410 e. The maximum atomic E-state index is 13.2. The highest BCUT2D eigenvalue weighted by Gasteiger charge is 2.17. The van der Waals surface area contributed by atoms with Crippen LogP contribution in [0.4, 0.5) is 26.6 Å². The summed E-state index contributed by atoms with van der Waals surface area (Å²) in [6.45, 7) is 7.50. The van der Waals surface area contributed by atoms with E-state index in [4.69, 9.17) is 4.74 Å². The number of halogens is 1. The van der Waals surface area contributed by atoms with Gasteiger partial charge in [0.05, 0.1) is 6.20 Å². The molecule has 1 aromatic carbocycles. The molecule has 0 aliphatic heterocycles. The van der Waals surface area contributed by atoms with Gasteiger partial charge >= 0.3 is 6.09 Å². The number of nitrogens with one attached hydrogen (secondary N) is 3. The minimum absolute atomic E-state index is 0.170. The van der Waals surface area contributed by atoms with E-state index in [0.29, 0.717) is 17.5 Å². The number of carbonyl (C=O) groups is 1. The molecule has 3 aromatic rings. The SMILES string of the molecule is C[C@H](Nc1cc(OC(=O)NC(C)(C)C)cc(Nc2cnccn2)n1)c1ccc(F)cc1. The van der Waals surface area contributed by atoms with Crippen LogP contribution in [0.3, 0.4) is 0 Å². The van der Waals surface area contributed by atoms with Crippen LogP contribution < -0.4 is 20.7 Å². The zero-order valence-corrected chi connectivity index (χ0v) is 17.8. The Labute approximate surface area is 180 Å². The fourth-order valence-corrected chi connectivity index (χ4v) is 2.69. The van der Waals surface area contributed by atoms with E-state index in [9.17, 15) is 9.18 Å². The van der Waals surface area contributed by atoms with Crippen molar-refractivity contribution in [3.05, 3.63) is 66.4 Å². The Bertz CT molecular complexity index is 1020. The molecule has 0 saturated carbocycles. The van der Waals surface area contributed by atoms with Gasteiger partial charge in [-0.25, -0.2) is 19.2 Å². The molecule has 1 amide bonds. The number of benzene rings is 1. The van der Waals surface area contributed by atoms with Crippen molar-refractivity contribution in [2.24, 2.45) is 0 Å². The lowest BCUT2D eigenvalue weighted by Crippen LogP contribution is -2.42. The summed E-state index contributed by atoms with van der Waals surface area (Å²) in [4.78, 5) is 24.9. The second-order valence-electron chi connectivity index (χ2n) is 7.97. The molecule has 0 unspecified atom stereocenters. The van der Waals surface area contributed by atoms with Gasteiger partial charge in [-0.3, -0.25) is 4.98 Å². The maximum Gasteiger partial charge on any atom is 0.413 e. The van der Waals surface area contributed by atoms with Gasteiger partial charge in [-0.05, 0) is 45.4 Å². The van der Waals surface area contributed by atoms with Crippen LogP contribution in [0, 0.1) is 5.82 Å².